The second-order valence-corrected chi connectivity index (χ2v) is 9.25. The quantitative estimate of drug-likeness (QED) is 0.285. The summed E-state index contributed by atoms with van der Waals surface area (Å²) < 4.78 is 0. The lowest BCUT2D eigenvalue weighted by Crippen LogP contribution is -2.49. The Balaban J connectivity index is 1.22. The van der Waals surface area contributed by atoms with Crippen LogP contribution in [0.1, 0.15) is 15.9 Å². The van der Waals surface area contributed by atoms with Crippen LogP contribution in [0.15, 0.2) is 79.3 Å². The monoisotopic (exact) mass is 522 g/mol. The molecule has 5 rings (SSSR count). The van der Waals surface area contributed by atoms with Gasteiger partial charge in [0.15, 0.2) is 0 Å². The minimum Gasteiger partial charge on any atom is -0.369 e. The molecule has 4 aromatic rings. The number of nitrogens with one attached hydrogen (secondary N) is 3. The van der Waals surface area contributed by atoms with Crippen LogP contribution in [0.3, 0.4) is 0 Å². The number of benzene rings is 2. The Hall–Kier alpha value is -4.83. The molecule has 0 unspecified atom stereocenters. The van der Waals surface area contributed by atoms with Crippen molar-refractivity contribution in [1.82, 2.24) is 25.2 Å². The normalized spacial score (nSPS) is 13.5. The third-order valence-electron chi connectivity index (χ3n) is 6.62. The number of aryl methyl sites for hydroxylation is 1. The van der Waals surface area contributed by atoms with Crippen LogP contribution in [0.5, 0.6) is 0 Å². The smallest absolute Gasteiger partial charge is 0.255 e. The van der Waals surface area contributed by atoms with Gasteiger partial charge in [0.2, 0.25) is 12.4 Å². The van der Waals surface area contributed by atoms with E-state index < -0.39 is 0 Å². The standard InChI is InChI=1S/C29H30N8O2/c1-21-4-5-22(17-27(21)35-29-32-12-10-26(34-29)23-3-2-11-30-18-23)28(39)33-24-6-8-25(9-7-24)37-15-13-36(14-16-37)19-31-20-38/h2-12,17-18,20H,13-16,19H2,1H3,(H,31,38)(H,33,39)(H,32,34,35). The number of nitrogens with zero attached hydrogens (tertiary/aromatic N) is 5. The third kappa shape index (κ3) is 6.55. The van der Waals surface area contributed by atoms with Crippen LogP contribution in [0.25, 0.3) is 11.3 Å². The molecule has 2 aromatic heterocycles. The number of anilines is 4. The van der Waals surface area contributed by atoms with Gasteiger partial charge in [0.1, 0.15) is 0 Å². The first-order valence-electron chi connectivity index (χ1n) is 12.8. The van der Waals surface area contributed by atoms with Crippen molar-refractivity contribution in [3.63, 3.8) is 0 Å². The Kier molecular flexibility index (Phi) is 8.03. The highest BCUT2D eigenvalue weighted by Crippen LogP contribution is 2.24. The zero-order valence-electron chi connectivity index (χ0n) is 21.7. The number of pyridine rings is 1. The van der Waals surface area contributed by atoms with Gasteiger partial charge in [-0.3, -0.25) is 19.5 Å². The van der Waals surface area contributed by atoms with Crippen LogP contribution in [-0.2, 0) is 4.79 Å². The minimum absolute atomic E-state index is 0.202. The Morgan fingerprint density at radius 1 is 1.00 bits per heavy atom. The number of rotatable bonds is 9. The number of carbonyl (C=O) groups excluding carboxylic acids is 2. The summed E-state index contributed by atoms with van der Waals surface area (Å²) in [6, 6.07) is 19.0. The van der Waals surface area contributed by atoms with Gasteiger partial charge in [0.25, 0.3) is 5.91 Å². The van der Waals surface area contributed by atoms with Crippen LogP contribution < -0.4 is 20.9 Å². The average Bonchev–Trinajstić information content (AvgIpc) is 2.98. The number of aromatic nitrogens is 3. The van der Waals surface area contributed by atoms with E-state index in [1.54, 1.807) is 30.7 Å². The molecule has 1 saturated heterocycles. The summed E-state index contributed by atoms with van der Waals surface area (Å²) in [5, 5.41) is 8.95. The molecule has 0 radical (unpaired) electrons. The minimum atomic E-state index is -0.202. The maximum Gasteiger partial charge on any atom is 0.255 e. The highest BCUT2D eigenvalue weighted by molar-refractivity contribution is 6.05. The fraction of sp³-hybridized carbons (Fsp3) is 0.207. The summed E-state index contributed by atoms with van der Waals surface area (Å²) in [4.78, 5) is 41.2. The van der Waals surface area contributed by atoms with Gasteiger partial charge in [0.05, 0.1) is 12.4 Å². The van der Waals surface area contributed by atoms with Crippen molar-refractivity contribution in [3.05, 3.63) is 90.4 Å². The van der Waals surface area contributed by atoms with Crippen molar-refractivity contribution in [1.29, 1.82) is 0 Å². The van der Waals surface area contributed by atoms with Crippen LogP contribution in [-0.4, -0.2) is 65.0 Å². The Labute approximate surface area is 227 Å². The first-order valence-corrected chi connectivity index (χ1v) is 12.8. The summed E-state index contributed by atoms with van der Waals surface area (Å²) in [5.41, 5.74) is 5.72. The van der Waals surface area contributed by atoms with Crippen molar-refractivity contribution in [2.45, 2.75) is 6.92 Å². The highest BCUT2D eigenvalue weighted by Gasteiger charge is 2.17. The second-order valence-electron chi connectivity index (χ2n) is 9.25. The fourth-order valence-corrected chi connectivity index (χ4v) is 4.40. The summed E-state index contributed by atoms with van der Waals surface area (Å²) in [6.45, 7) is 6.04. The second kappa shape index (κ2) is 12.1. The zero-order chi connectivity index (χ0) is 27.0. The van der Waals surface area contributed by atoms with Gasteiger partial charge in [-0.25, -0.2) is 9.97 Å². The number of carbonyl (C=O) groups is 2. The van der Waals surface area contributed by atoms with Gasteiger partial charge in [-0.05, 0) is 67.1 Å². The molecule has 1 aliphatic heterocycles. The van der Waals surface area contributed by atoms with Crippen LogP contribution >= 0.6 is 0 Å². The summed E-state index contributed by atoms with van der Waals surface area (Å²) in [5.74, 6) is 0.237. The molecule has 0 atom stereocenters. The molecule has 198 valence electrons. The third-order valence-corrected chi connectivity index (χ3v) is 6.62. The summed E-state index contributed by atoms with van der Waals surface area (Å²) >= 11 is 0. The van der Waals surface area contributed by atoms with Crippen molar-refractivity contribution in [3.8, 4) is 11.3 Å². The molecule has 1 aliphatic rings. The Bertz CT molecular complexity index is 1420. The van der Waals surface area contributed by atoms with Gasteiger partial charge in [-0.1, -0.05) is 6.07 Å². The van der Waals surface area contributed by atoms with E-state index in [2.05, 4.69) is 40.7 Å². The number of hydrogen-bond donors (Lipinski definition) is 3. The van der Waals surface area contributed by atoms with Crippen LogP contribution in [0, 0.1) is 6.92 Å². The SMILES string of the molecule is Cc1ccc(C(=O)Nc2ccc(N3CCN(CNC=O)CC3)cc2)cc1Nc1nccc(-c2cccnc2)n1. The molecule has 2 amide bonds. The van der Waals surface area contributed by atoms with Crippen LogP contribution in [0.4, 0.5) is 23.0 Å². The Morgan fingerprint density at radius 3 is 2.56 bits per heavy atom. The lowest BCUT2D eigenvalue weighted by atomic mass is 10.1. The van der Waals surface area contributed by atoms with Crippen molar-refractivity contribution >= 4 is 35.3 Å². The first-order chi connectivity index (χ1) is 19.1. The van der Waals surface area contributed by atoms with E-state index >= 15 is 0 Å². The van der Waals surface area contributed by atoms with Crippen molar-refractivity contribution in [2.75, 3.05) is 48.4 Å². The number of piperazine rings is 1. The molecular formula is C29H30N8O2. The van der Waals surface area contributed by atoms with E-state index in [9.17, 15) is 9.59 Å². The largest absolute Gasteiger partial charge is 0.369 e. The topological polar surface area (TPSA) is 115 Å². The van der Waals surface area contributed by atoms with Gasteiger partial charge < -0.3 is 20.9 Å². The van der Waals surface area contributed by atoms with E-state index in [1.165, 1.54) is 0 Å². The van der Waals surface area contributed by atoms with E-state index in [1.807, 2.05) is 55.5 Å². The van der Waals surface area contributed by atoms with Crippen LogP contribution in [0.2, 0.25) is 0 Å². The first kappa shape index (κ1) is 25.8. The lowest BCUT2D eigenvalue weighted by Gasteiger charge is -2.35. The average molecular weight is 523 g/mol. The zero-order valence-corrected chi connectivity index (χ0v) is 21.7. The van der Waals surface area contributed by atoms with Gasteiger partial charge in [-0.2, -0.15) is 0 Å². The maximum absolute atomic E-state index is 13.1. The summed E-state index contributed by atoms with van der Waals surface area (Å²) in [7, 11) is 0. The van der Waals surface area contributed by atoms with Gasteiger partial charge in [-0.15, -0.1) is 0 Å². The molecule has 0 spiro atoms. The molecule has 1 fully saturated rings. The van der Waals surface area contributed by atoms with E-state index in [4.69, 9.17) is 0 Å². The van der Waals surface area contributed by atoms with Gasteiger partial charge in [0, 0.05) is 73.0 Å². The molecule has 10 heteroatoms. The van der Waals surface area contributed by atoms with Crippen molar-refractivity contribution in [2.24, 2.45) is 0 Å². The highest BCUT2D eigenvalue weighted by atomic mass is 16.1. The number of amides is 2. The van der Waals surface area contributed by atoms with Gasteiger partial charge >= 0.3 is 0 Å². The lowest BCUT2D eigenvalue weighted by molar-refractivity contribution is -0.110. The molecule has 2 aromatic carbocycles. The predicted octanol–water partition coefficient (Wildman–Crippen LogP) is 3.67. The van der Waals surface area contributed by atoms with E-state index in [-0.39, 0.29) is 5.91 Å². The molecule has 0 saturated carbocycles. The molecule has 3 heterocycles. The molecule has 10 nitrogen and oxygen atoms in total. The fourth-order valence-electron chi connectivity index (χ4n) is 4.40. The number of hydrogen-bond acceptors (Lipinski definition) is 8. The molecular weight excluding hydrogens is 492 g/mol. The maximum atomic E-state index is 13.1. The summed E-state index contributed by atoms with van der Waals surface area (Å²) in [6.07, 6.45) is 5.89. The van der Waals surface area contributed by atoms with E-state index in [0.717, 1.165) is 66.5 Å². The predicted molar refractivity (Wildman–Crippen MR) is 152 cm³/mol. The molecule has 0 bridgehead atoms. The molecule has 39 heavy (non-hydrogen) atoms. The van der Waals surface area contributed by atoms with Crippen molar-refractivity contribution < 1.29 is 9.59 Å². The Morgan fingerprint density at radius 2 is 1.82 bits per heavy atom. The molecule has 3 N–H and O–H groups in total. The van der Waals surface area contributed by atoms with E-state index in [0.29, 0.717) is 18.2 Å². The molecule has 0 aliphatic carbocycles.